The molecule has 0 aromatic carbocycles. The van der Waals surface area contributed by atoms with Crippen molar-refractivity contribution in [3.63, 3.8) is 0 Å². The standard InChI is InChI=1S/C19H38N4O2.2ClH/c1-6-25-16-13-19(20,18(16,2)3)17(24)21-14-15-7-9-23(10-8-15)12-11-22(4)5;;/h15-16H,6-14,20H2,1-5H3,(H,21,24);2*1H. The fraction of sp³-hybridized carbons (Fsp3) is 0.947. The topological polar surface area (TPSA) is 70.8 Å². The number of amides is 1. The highest BCUT2D eigenvalue weighted by molar-refractivity contribution is 5.88. The van der Waals surface area contributed by atoms with Crippen LogP contribution in [-0.4, -0.2) is 80.8 Å². The highest BCUT2D eigenvalue weighted by atomic mass is 35.5. The molecule has 0 aromatic rings. The maximum atomic E-state index is 12.7. The summed E-state index contributed by atoms with van der Waals surface area (Å²) < 4.78 is 5.72. The second-order valence-corrected chi connectivity index (χ2v) is 8.64. The molecule has 6 nitrogen and oxygen atoms in total. The molecule has 1 heterocycles. The molecule has 2 fully saturated rings. The Kier molecular flexibility index (Phi) is 11.1. The lowest BCUT2D eigenvalue weighted by atomic mass is 9.54. The fourth-order valence-corrected chi connectivity index (χ4v) is 3.97. The van der Waals surface area contributed by atoms with Crippen molar-refractivity contribution < 1.29 is 9.53 Å². The number of carbonyl (C=O) groups excluding carboxylic acids is 1. The number of piperidine rings is 1. The quantitative estimate of drug-likeness (QED) is 0.618. The number of hydrogen-bond donors (Lipinski definition) is 2. The first-order chi connectivity index (χ1) is 11.7. The zero-order chi connectivity index (χ0) is 18.7. The zero-order valence-electron chi connectivity index (χ0n) is 17.6. The van der Waals surface area contributed by atoms with Crippen molar-refractivity contribution in [1.29, 1.82) is 0 Å². The second-order valence-electron chi connectivity index (χ2n) is 8.64. The normalized spacial score (nSPS) is 28.0. The van der Waals surface area contributed by atoms with Crippen LogP contribution in [0, 0.1) is 11.3 Å². The number of likely N-dealkylation sites (tertiary alicyclic amines) is 1. The minimum absolute atomic E-state index is 0. The molecular formula is C19H40Cl2N4O2. The van der Waals surface area contributed by atoms with Gasteiger partial charge in [0.1, 0.15) is 5.54 Å². The van der Waals surface area contributed by atoms with Crippen LogP contribution in [0.2, 0.25) is 0 Å². The van der Waals surface area contributed by atoms with Crippen LogP contribution in [0.25, 0.3) is 0 Å². The van der Waals surface area contributed by atoms with Crippen molar-refractivity contribution in [2.24, 2.45) is 17.1 Å². The molecule has 1 aliphatic heterocycles. The Bertz CT molecular complexity index is 457. The van der Waals surface area contributed by atoms with E-state index < -0.39 is 5.54 Å². The molecule has 3 N–H and O–H groups in total. The van der Waals surface area contributed by atoms with Crippen LogP contribution in [0.5, 0.6) is 0 Å². The van der Waals surface area contributed by atoms with Crippen molar-refractivity contribution in [3.05, 3.63) is 0 Å². The molecular weight excluding hydrogens is 387 g/mol. The zero-order valence-corrected chi connectivity index (χ0v) is 19.3. The lowest BCUT2D eigenvalue weighted by Gasteiger charge is -2.57. The fourth-order valence-electron chi connectivity index (χ4n) is 3.97. The molecule has 1 saturated heterocycles. The molecule has 27 heavy (non-hydrogen) atoms. The van der Waals surface area contributed by atoms with Crippen molar-refractivity contribution in [3.8, 4) is 0 Å². The average molecular weight is 427 g/mol. The Balaban J connectivity index is 0.00000338. The number of likely N-dealkylation sites (N-methyl/N-ethyl adjacent to an activating group) is 1. The van der Waals surface area contributed by atoms with Crippen LogP contribution in [-0.2, 0) is 9.53 Å². The minimum Gasteiger partial charge on any atom is -0.378 e. The van der Waals surface area contributed by atoms with Gasteiger partial charge in [0.05, 0.1) is 6.10 Å². The molecule has 1 saturated carbocycles. The first-order valence-electron chi connectivity index (χ1n) is 9.76. The molecule has 162 valence electrons. The molecule has 0 spiro atoms. The predicted molar refractivity (Wildman–Crippen MR) is 116 cm³/mol. The molecule has 1 amide bonds. The predicted octanol–water partition coefficient (Wildman–Crippen LogP) is 1.75. The number of nitrogens with zero attached hydrogens (tertiary/aromatic N) is 2. The number of nitrogens with two attached hydrogens (primary N) is 1. The van der Waals surface area contributed by atoms with E-state index in [0.717, 1.165) is 45.6 Å². The van der Waals surface area contributed by atoms with Gasteiger partial charge >= 0.3 is 0 Å². The molecule has 1 aliphatic carbocycles. The minimum atomic E-state index is -0.806. The van der Waals surface area contributed by atoms with E-state index >= 15 is 0 Å². The summed E-state index contributed by atoms with van der Waals surface area (Å²) in [4.78, 5) is 17.4. The lowest BCUT2D eigenvalue weighted by Crippen LogP contribution is -2.75. The van der Waals surface area contributed by atoms with E-state index in [2.05, 4.69) is 29.2 Å². The molecule has 2 unspecified atom stereocenters. The summed E-state index contributed by atoms with van der Waals surface area (Å²) in [7, 11) is 4.23. The van der Waals surface area contributed by atoms with Crippen molar-refractivity contribution >= 4 is 30.7 Å². The molecule has 2 rings (SSSR count). The van der Waals surface area contributed by atoms with Crippen molar-refractivity contribution in [1.82, 2.24) is 15.1 Å². The average Bonchev–Trinajstić information content (AvgIpc) is 2.58. The van der Waals surface area contributed by atoms with Gasteiger partial charge in [0, 0.05) is 38.1 Å². The summed E-state index contributed by atoms with van der Waals surface area (Å²) in [6.07, 6.45) is 2.99. The third-order valence-corrected chi connectivity index (χ3v) is 6.36. The third-order valence-electron chi connectivity index (χ3n) is 6.36. The molecule has 2 aliphatic rings. The van der Waals surface area contributed by atoms with Gasteiger partial charge in [-0.25, -0.2) is 0 Å². The van der Waals surface area contributed by atoms with Crippen LogP contribution in [0.3, 0.4) is 0 Å². The number of ether oxygens (including phenoxy) is 1. The summed E-state index contributed by atoms with van der Waals surface area (Å²) in [6, 6.07) is 0. The summed E-state index contributed by atoms with van der Waals surface area (Å²) in [5, 5.41) is 3.13. The Morgan fingerprint density at radius 2 is 1.85 bits per heavy atom. The smallest absolute Gasteiger partial charge is 0.240 e. The Morgan fingerprint density at radius 3 is 2.33 bits per heavy atom. The van der Waals surface area contributed by atoms with E-state index in [1.54, 1.807) is 0 Å². The summed E-state index contributed by atoms with van der Waals surface area (Å²) in [5.41, 5.74) is 5.32. The number of rotatable bonds is 8. The van der Waals surface area contributed by atoms with E-state index in [1.165, 1.54) is 0 Å². The van der Waals surface area contributed by atoms with Crippen LogP contribution >= 0.6 is 24.8 Å². The summed E-state index contributed by atoms with van der Waals surface area (Å²) in [5.74, 6) is 0.553. The summed E-state index contributed by atoms with van der Waals surface area (Å²) in [6.45, 7) is 12.0. The van der Waals surface area contributed by atoms with E-state index in [0.29, 0.717) is 18.9 Å². The molecule has 2 atom stereocenters. The van der Waals surface area contributed by atoms with Crippen LogP contribution in [0.15, 0.2) is 0 Å². The van der Waals surface area contributed by atoms with Gasteiger partial charge in [0.2, 0.25) is 5.91 Å². The van der Waals surface area contributed by atoms with Gasteiger partial charge in [-0.2, -0.15) is 0 Å². The van der Waals surface area contributed by atoms with Crippen LogP contribution < -0.4 is 11.1 Å². The van der Waals surface area contributed by atoms with E-state index in [-0.39, 0.29) is 42.2 Å². The molecule has 0 bridgehead atoms. The first-order valence-corrected chi connectivity index (χ1v) is 9.76. The largest absolute Gasteiger partial charge is 0.378 e. The lowest BCUT2D eigenvalue weighted by molar-refractivity contribution is -0.170. The molecule has 8 heteroatoms. The maximum absolute atomic E-state index is 12.7. The molecule has 0 aromatic heterocycles. The highest BCUT2D eigenvalue weighted by Crippen LogP contribution is 2.49. The SMILES string of the molecule is CCOC1CC(N)(C(=O)NCC2CCN(CCN(C)C)CC2)C1(C)C.Cl.Cl. The number of halogens is 2. The van der Waals surface area contributed by atoms with Gasteiger partial charge < -0.3 is 25.6 Å². The Hall–Kier alpha value is -0.110. The highest BCUT2D eigenvalue weighted by Gasteiger charge is 2.62. The second kappa shape index (κ2) is 11.2. The van der Waals surface area contributed by atoms with E-state index in [1.807, 2.05) is 20.8 Å². The van der Waals surface area contributed by atoms with E-state index in [4.69, 9.17) is 10.5 Å². The number of carbonyl (C=O) groups is 1. The number of nitrogens with one attached hydrogen (secondary N) is 1. The summed E-state index contributed by atoms with van der Waals surface area (Å²) >= 11 is 0. The monoisotopic (exact) mass is 426 g/mol. The van der Waals surface area contributed by atoms with Crippen molar-refractivity contribution in [2.45, 2.75) is 51.7 Å². The van der Waals surface area contributed by atoms with Gasteiger partial charge in [0.25, 0.3) is 0 Å². The maximum Gasteiger partial charge on any atom is 0.240 e. The Morgan fingerprint density at radius 1 is 1.26 bits per heavy atom. The van der Waals surface area contributed by atoms with Gasteiger partial charge in [-0.05, 0) is 52.9 Å². The Labute approximate surface area is 177 Å². The number of hydrogen-bond acceptors (Lipinski definition) is 5. The van der Waals surface area contributed by atoms with Crippen molar-refractivity contribution in [2.75, 3.05) is 53.4 Å². The van der Waals surface area contributed by atoms with Gasteiger partial charge in [0.15, 0.2) is 0 Å². The molecule has 0 radical (unpaired) electrons. The van der Waals surface area contributed by atoms with E-state index in [9.17, 15) is 4.79 Å². The first kappa shape index (κ1) is 26.9. The van der Waals surface area contributed by atoms with Gasteiger partial charge in [-0.3, -0.25) is 4.79 Å². The third kappa shape index (κ3) is 6.18. The van der Waals surface area contributed by atoms with Gasteiger partial charge in [-0.1, -0.05) is 13.8 Å². The van der Waals surface area contributed by atoms with Gasteiger partial charge in [-0.15, -0.1) is 24.8 Å². The van der Waals surface area contributed by atoms with Crippen LogP contribution in [0.1, 0.15) is 40.0 Å². The van der Waals surface area contributed by atoms with Crippen LogP contribution in [0.4, 0.5) is 0 Å².